The van der Waals surface area contributed by atoms with Crippen molar-refractivity contribution in [2.24, 2.45) is 0 Å². The molecular weight excluding hydrogens is 179 g/mol. The molecule has 0 amide bonds. The van der Waals surface area contributed by atoms with Gasteiger partial charge in [0.05, 0.1) is 6.07 Å². The molecule has 0 atom stereocenters. The van der Waals surface area contributed by atoms with Gasteiger partial charge in [0.1, 0.15) is 0 Å². The van der Waals surface area contributed by atoms with E-state index in [1.54, 1.807) is 5.10 Å². The van der Waals surface area contributed by atoms with Crippen molar-refractivity contribution in [1.82, 2.24) is 10.2 Å². The van der Waals surface area contributed by atoms with E-state index in [-0.39, 0.29) is 0 Å². The van der Waals surface area contributed by atoms with Crippen molar-refractivity contribution in [2.75, 3.05) is 0 Å². The molecule has 1 N–H and O–H groups in total. The summed E-state index contributed by atoms with van der Waals surface area (Å²) >= 11 is 0. The summed E-state index contributed by atoms with van der Waals surface area (Å²) in [6.45, 7) is 0. The fourth-order valence-electron chi connectivity index (χ4n) is 0.550. The Morgan fingerprint density at radius 3 is 2.42 bits per heavy atom. The van der Waals surface area contributed by atoms with Gasteiger partial charge in [-0.05, 0) is 4.92 Å². The van der Waals surface area contributed by atoms with Crippen molar-refractivity contribution >= 4 is 5.82 Å². The summed E-state index contributed by atoms with van der Waals surface area (Å²) in [5.74, 6) is -0.776. The zero-order valence-electron chi connectivity index (χ0n) is 5.42. The SMILES string of the molecule is O=[N+]([O-])c1cc(C(F)(F)F)n[nH]1. The van der Waals surface area contributed by atoms with Crippen LogP contribution in [0.25, 0.3) is 0 Å². The first-order chi connectivity index (χ1) is 5.41. The molecule has 0 bridgehead atoms. The molecule has 0 aromatic carbocycles. The lowest BCUT2D eigenvalue weighted by Gasteiger charge is -1.96. The molecule has 0 aliphatic carbocycles. The monoisotopic (exact) mass is 181 g/mol. The molecule has 0 spiro atoms. The van der Waals surface area contributed by atoms with Crippen LogP contribution < -0.4 is 0 Å². The largest absolute Gasteiger partial charge is 0.437 e. The van der Waals surface area contributed by atoms with Gasteiger partial charge in [0, 0.05) is 0 Å². The Bertz CT molecular complexity index is 305. The van der Waals surface area contributed by atoms with E-state index in [1.165, 1.54) is 0 Å². The fraction of sp³-hybridized carbons (Fsp3) is 0.250. The lowest BCUT2D eigenvalue weighted by molar-refractivity contribution is -0.389. The Hall–Kier alpha value is -1.60. The quantitative estimate of drug-likeness (QED) is 0.524. The Morgan fingerprint density at radius 1 is 1.58 bits per heavy atom. The molecule has 12 heavy (non-hydrogen) atoms. The fourth-order valence-corrected chi connectivity index (χ4v) is 0.550. The molecule has 1 aromatic rings. The first kappa shape index (κ1) is 8.50. The first-order valence-corrected chi connectivity index (χ1v) is 2.68. The molecule has 66 valence electrons. The summed E-state index contributed by atoms with van der Waals surface area (Å²) in [6.07, 6.45) is -4.65. The predicted molar refractivity (Wildman–Crippen MR) is 30.2 cm³/mol. The Balaban J connectivity index is 3.00. The minimum Gasteiger partial charge on any atom is -0.358 e. The van der Waals surface area contributed by atoms with E-state index < -0.39 is 22.6 Å². The summed E-state index contributed by atoms with van der Waals surface area (Å²) in [5.41, 5.74) is -1.30. The number of nitro groups is 1. The highest BCUT2D eigenvalue weighted by Gasteiger charge is 2.36. The van der Waals surface area contributed by atoms with Crippen LogP contribution >= 0.6 is 0 Å². The van der Waals surface area contributed by atoms with Crippen LogP contribution in [-0.4, -0.2) is 15.1 Å². The maximum Gasteiger partial charge on any atom is 0.437 e. The second kappa shape index (κ2) is 2.47. The number of alkyl halides is 3. The summed E-state index contributed by atoms with van der Waals surface area (Å²) < 4.78 is 35.3. The molecular formula is C4H2F3N3O2. The van der Waals surface area contributed by atoms with Gasteiger partial charge in [0.15, 0.2) is 5.69 Å². The zero-order valence-corrected chi connectivity index (χ0v) is 5.42. The van der Waals surface area contributed by atoms with Crippen LogP contribution in [0.15, 0.2) is 6.07 Å². The van der Waals surface area contributed by atoms with Gasteiger partial charge >= 0.3 is 12.0 Å². The zero-order chi connectivity index (χ0) is 9.35. The topological polar surface area (TPSA) is 71.8 Å². The molecule has 8 heteroatoms. The van der Waals surface area contributed by atoms with E-state index in [0.717, 1.165) is 0 Å². The summed E-state index contributed by atoms with van der Waals surface area (Å²) in [4.78, 5) is 8.92. The molecule has 0 aliphatic heterocycles. The van der Waals surface area contributed by atoms with Gasteiger partial charge in [-0.1, -0.05) is 5.10 Å². The molecule has 1 aromatic heterocycles. The smallest absolute Gasteiger partial charge is 0.358 e. The second-order valence-electron chi connectivity index (χ2n) is 1.89. The number of nitrogens with one attached hydrogen (secondary N) is 1. The predicted octanol–water partition coefficient (Wildman–Crippen LogP) is 1.34. The summed E-state index contributed by atoms with van der Waals surface area (Å²) in [7, 11) is 0. The Labute approximate surface area is 63.3 Å². The van der Waals surface area contributed by atoms with Crippen LogP contribution in [0.2, 0.25) is 0 Å². The number of hydrogen-bond acceptors (Lipinski definition) is 3. The lowest BCUT2D eigenvalue weighted by Crippen LogP contribution is -2.04. The molecule has 0 fully saturated rings. The third kappa shape index (κ3) is 1.52. The average Bonchev–Trinajstić information content (AvgIpc) is 2.30. The highest BCUT2D eigenvalue weighted by atomic mass is 19.4. The average molecular weight is 181 g/mol. The maximum atomic E-state index is 11.8. The van der Waals surface area contributed by atoms with E-state index in [0.29, 0.717) is 6.07 Å². The number of H-pyrrole nitrogens is 1. The van der Waals surface area contributed by atoms with Crippen molar-refractivity contribution in [3.63, 3.8) is 0 Å². The number of nitrogens with zero attached hydrogens (tertiary/aromatic N) is 2. The van der Waals surface area contributed by atoms with Gasteiger partial charge in [-0.2, -0.15) is 13.2 Å². The molecule has 1 rings (SSSR count). The standard InChI is InChI=1S/C4H2F3N3O2/c5-4(6,7)2-1-3(9-8-2)10(11)12/h1H,(H,8,9). The van der Waals surface area contributed by atoms with Crippen molar-refractivity contribution in [2.45, 2.75) is 6.18 Å². The van der Waals surface area contributed by atoms with Gasteiger partial charge in [-0.15, -0.1) is 5.10 Å². The minimum absolute atomic E-state index is 0.333. The van der Waals surface area contributed by atoms with Crippen LogP contribution in [0.3, 0.4) is 0 Å². The van der Waals surface area contributed by atoms with Gasteiger partial charge in [-0.3, -0.25) is 0 Å². The van der Waals surface area contributed by atoms with E-state index in [2.05, 4.69) is 5.10 Å². The minimum atomic E-state index is -4.65. The van der Waals surface area contributed by atoms with E-state index in [9.17, 15) is 23.3 Å². The Kier molecular flexibility index (Phi) is 1.75. The maximum absolute atomic E-state index is 11.8. The highest BCUT2D eigenvalue weighted by Crippen LogP contribution is 2.28. The van der Waals surface area contributed by atoms with Crippen molar-refractivity contribution in [3.8, 4) is 0 Å². The van der Waals surface area contributed by atoms with Gasteiger partial charge in [-0.25, -0.2) is 0 Å². The number of aromatic amines is 1. The first-order valence-electron chi connectivity index (χ1n) is 2.68. The normalized spacial score (nSPS) is 11.6. The number of halogens is 3. The molecule has 0 saturated carbocycles. The van der Waals surface area contributed by atoms with Crippen molar-refractivity contribution < 1.29 is 18.1 Å². The molecule has 5 nitrogen and oxygen atoms in total. The Morgan fingerprint density at radius 2 is 2.17 bits per heavy atom. The van der Waals surface area contributed by atoms with Crippen LogP contribution in [0, 0.1) is 10.1 Å². The molecule has 0 unspecified atom stereocenters. The van der Waals surface area contributed by atoms with Gasteiger partial charge in [0.2, 0.25) is 0 Å². The van der Waals surface area contributed by atoms with E-state index in [1.807, 2.05) is 0 Å². The second-order valence-corrected chi connectivity index (χ2v) is 1.89. The number of aromatic nitrogens is 2. The molecule has 0 aliphatic rings. The molecule has 0 radical (unpaired) electrons. The van der Waals surface area contributed by atoms with E-state index in [4.69, 9.17) is 0 Å². The number of rotatable bonds is 1. The van der Waals surface area contributed by atoms with Crippen molar-refractivity contribution in [3.05, 3.63) is 21.9 Å². The van der Waals surface area contributed by atoms with Crippen LogP contribution in [0.1, 0.15) is 5.69 Å². The highest BCUT2D eigenvalue weighted by molar-refractivity contribution is 5.22. The van der Waals surface area contributed by atoms with Crippen LogP contribution in [0.4, 0.5) is 19.0 Å². The van der Waals surface area contributed by atoms with Gasteiger partial charge < -0.3 is 10.1 Å². The molecule has 0 saturated heterocycles. The number of hydrogen-bond donors (Lipinski definition) is 1. The molecule has 1 heterocycles. The van der Waals surface area contributed by atoms with Crippen LogP contribution in [-0.2, 0) is 6.18 Å². The lowest BCUT2D eigenvalue weighted by atomic mass is 10.4. The van der Waals surface area contributed by atoms with Crippen molar-refractivity contribution in [1.29, 1.82) is 0 Å². The summed E-state index contributed by atoms with van der Waals surface area (Å²) in [5, 5.41) is 14.3. The van der Waals surface area contributed by atoms with Crippen LogP contribution in [0.5, 0.6) is 0 Å². The van der Waals surface area contributed by atoms with E-state index >= 15 is 0 Å². The third-order valence-electron chi connectivity index (χ3n) is 1.05. The third-order valence-corrected chi connectivity index (χ3v) is 1.05. The summed E-state index contributed by atoms with van der Waals surface area (Å²) in [6, 6.07) is 0.333. The van der Waals surface area contributed by atoms with Gasteiger partial charge in [0.25, 0.3) is 0 Å².